The fourth-order valence-electron chi connectivity index (χ4n) is 0.886. The highest BCUT2D eigenvalue weighted by molar-refractivity contribution is 5.99. The molecule has 0 spiro atoms. The Bertz CT molecular complexity index is 175. The van der Waals surface area contributed by atoms with Crippen molar-refractivity contribution in [3.63, 3.8) is 0 Å². The van der Waals surface area contributed by atoms with Gasteiger partial charge in [0.05, 0.1) is 0 Å². The summed E-state index contributed by atoms with van der Waals surface area (Å²) < 4.78 is 0. The predicted octanol–water partition coefficient (Wildman–Crippen LogP) is -0.679. The summed E-state index contributed by atoms with van der Waals surface area (Å²) in [4.78, 5) is 10.6. The maximum absolute atomic E-state index is 10.6. The van der Waals surface area contributed by atoms with Gasteiger partial charge in [-0.05, 0) is 5.57 Å². The van der Waals surface area contributed by atoms with Crippen molar-refractivity contribution in [2.24, 2.45) is 0 Å². The van der Waals surface area contributed by atoms with Crippen molar-refractivity contribution < 1.29 is 4.79 Å². The van der Waals surface area contributed by atoms with Crippen molar-refractivity contribution in [2.75, 3.05) is 6.54 Å². The normalized spacial score (nSPS) is 24.8. The van der Waals surface area contributed by atoms with Crippen LogP contribution in [-0.4, -0.2) is 12.5 Å². The predicted molar refractivity (Wildman–Crippen MR) is 27.8 cm³/mol. The van der Waals surface area contributed by atoms with Crippen LogP contribution in [0.5, 0.6) is 0 Å². The molecule has 0 fully saturated rings. The van der Waals surface area contributed by atoms with E-state index in [1.54, 1.807) is 0 Å². The van der Waals surface area contributed by atoms with Gasteiger partial charge >= 0.3 is 0 Å². The van der Waals surface area contributed by atoms with E-state index in [9.17, 15) is 4.79 Å². The first kappa shape index (κ1) is 4.09. The maximum atomic E-state index is 10.6. The Balaban J connectivity index is 2.29. The molecule has 2 rings (SSSR count). The fourth-order valence-corrected chi connectivity index (χ4v) is 0.886. The highest BCUT2D eigenvalue weighted by Gasteiger charge is 2.30. The quantitative estimate of drug-likeness (QED) is 0.434. The van der Waals surface area contributed by atoms with E-state index in [0.717, 1.165) is 18.5 Å². The summed E-state index contributed by atoms with van der Waals surface area (Å²) in [7, 11) is 0. The third-order valence-corrected chi connectivity index (χ3v) is 1.47. The van der Waals surface area contributed by atoms with Crippen LogP contribution < -0.4 is 10.9 Å². The minimum absolute atomic E-state index is 0.0613. The van der Waals surface area contributed by atoms with Crippen LogP contribution in [0.15, 0.2) is 11.1 Å². The van der Waals surface area contributed by atoms with Crippen LogP contribution in [0, 0.1) is 0 Å². The van der Waals surface area contributed by atoms with Crippen LogP contribution >= 0.6 is 0 Å². The Morgan fingerprint density at radius 2 is 2.38 bits per heavy atom. The Morgan fingerprint density at radius 3 is 3.00 bits per heavy atom. The molecule has 1 aliphatic heterocycles. The summed E-state index contributed by atoms with van der Waals surface area (Å²) in [6.45, 7) is 0.848. The standard InChI is InChI=1S/C5H6N2O/c8-5-4-1-3(4)2-6-7-5/h6H,1-2H2,(H,7,8). The van der Waals surface area contributed by atoms with E-state index >= 15 is 0 Å². The van der Waals surface area contributed by atoms with Crippen LogP contribution in [0.2, 0.25) is 0 Å². The molecule has 0 atom stereocenters. The minimum Gasteiger partial charge on any atom is -0.287 e. The lowest BCUT2D eigenvalue weighted by atomic mass is 10.4. The molecule has 0 saturated carbocycles. The minimum atomic E-state index is 0.0613. The molecular formula is C5H6N2O. The van der Waals surface area contributed by atoms with E-state index in [1.165, 1.54) is 5.57 Å². The van der Waals surface area contributed by atoms with Gasteiger partial charge in [0.25, 0.3) is 5.91 Å². The van der Waals surface area contributed by atoms with Crippen molar-refractivity contribution in [2.45, 2.75) is 6.42 Å². The first-order valence-electron chi connectivity index (χ1n) is 2.62. The average Bonchev–Trinajstić information content (AvgIpc) is 2.45. The topological polar surface area (TPSA) is 41.1 Å². The Morgan fingerprint density at radius 1 is 1.50 bits per heavy atom. The molecule has 3 heteroatoms. The van der Waals surface area contributed by atoms with Crippen LogP contribution in [0.4, 0.5) is 0 Å². The molecule has 1 heterocycles. The number of hydrogen-bond acceptors (Lipinski definition) is 2. The Kier molecular flexibility index (Phi) is 0.569. The van der Waals surface area contributed by atoms with Gasteiger partial charge in [0, 0.05) is 18.5 Å². The summed E-state index contributed by atoms with van der Waals surface area (Å²) in [6.07, 6.45) is 0.929. The molecule has 0 aromatic heterocycles. The van der Waals surface area contributed by atoms with E-state index in [0.29, 0.717) is 0 Å². The molecule has 8 heavy (non-hydrogen) atoms. The molecule has 0 aromatic carbocycles. The van der Waals surface area contributed by atoms with Gasteiger partial charge in [-0.2, -0.15) is 0 Å². The zero-order valence-electron chi connectivity index (χ0n) is 4.32. The van der Waals surface area contributed by atoms with Gasteiger partial charge in [-0.3, -0.25) is 10.2 Å². The number of hydrogen-bond donors (Lipinski definition) is 2. The number of carbonyl (C=O) groups excluding carboxylic acids is 1. The van der Waals surface area contributed by atoms with Gasteiger partial charge < -0.3 is 0 Å². The largest absolute Gasteiger partial charge is 0.287 e. The number of amides is 1. The molecular weight excluding hydrogens is 104 g/mol. The van der Waals surface area contributed by atoms with Crippen molar-refractivity contribution in [1.29, 1.82) is 0 Å². The van der Waals surface area contributed by atoms with E-state index < -0.39 is 0 Å². The zero-order valence-corrected chi connectivity index (χ0v) is 4.32. The summed E-state index contributed by atoms with van der Waals surface area (Å²) in [5.41, 5.74) is 7.56. The lowest BCUT2D eigenvalue weighted by Crippen LogP contribution is -2.39. The highest BCUT2D eigenvalue weighted by Crippen LogP contribution is 2.31. The van der Waals surface area contributed by atoms with Crippen molar-refractivity contribution in [1.82, 2.24) is 10.9 Å². The summed E-state index contributed by atoms with van der Waals surface area (Å²) in [6, 6.07) is 0. The molecule has 1 amide bonds. The van der Waals surface area contributed by atoms with E-state index in [1.807, 2.05) is 0 Å². The smallest absolute Gasteiger partial charge is 0.261 e. The van der Waals surface area contributed by atoms with Gasteiger partial charge in [-0.1, -0.05) is 0 Å². The fraction of sp³-hybridized carbons (Fsp3) is 0.400. The third kappa shape index (κ3) is 0.391. The molecule has 0 radical (unpaired) electrons. The molecule has 3 nitrogen and oxygen atoms in total. The molecule has 0 aromatic rings. The van der Waals surface area contributed by atoms with Crippen LogP contribution in [0.25, 0.3) is 0 Å². The van der Waals surface area contributed by atoms with Gasteiger partial charge in [0.2, 0.25) is 0 Å². The Labute approximate surface area is 46.7 Å². The first-order chi connectivity index (χ1) is 3.88. The lowest BCUT2D eigenvalue weighted by molar-refractivity contribution is -0.118. The van der Waals surface area contributed by atoms with Crippen molar-refractivity contribution in [3.05, 3.63) is 11.1 Å². The molecule has 0 saturated heterocycles. The molecule has 2 N–H and O–H groups in total. The number of carbonyl (C=O) groups is 1. The van der Waals surface area contributed by atoms with Gasteiger partial charge in [-0.15, -0.1) is 0 Å². The molecule has 2 aliphatic rings. The second-order valence-electron chi connectivity index (χ2n) is 2.07. The second kappa shape index (κ2) is 1.11. The molecule has 42 valence electrons. The van der Waals surface area contributed by atoms with Gasteiger partial charge in [-0.25, -0.2) is 5.43 Å². The van der Waals surface area contributed by atoms with E-state index in [2.05, 4.69) is 10.9 Å². The third-order valence-electron chi connectivity index (χ3n) is 1.47. The first-order valence-corrected chi connectivity index (χ1v) is 2.62. The maximum Gasteiger partial charge on any atom is 0.261 e. The van der Waals surface area contributed by atoms with Gasteiger partial charge in [0.15, 0.2) is 0 Å². The summed E-state index contributed by atoms with van der Waals surface area (Å²) in [5.74, 6) is 0.0613. The van der Waals surface area contributed by atoms with E-state index in [4.69, 9.17) is 0 Å². The van der Waals surface area contributed by atoms with E-state index in [-0.39, 0.29) is 5.91 Å². The molecule has 0 bridgehead atoms. The summed E-state index contributed by atoms with van der Waals surface area (Å²) in [5, 5.41) is 0. The average molecular weight is 110 g/mol. The Hall–Kier alpha value is -0.830. The lowest BCUT2D eigenvalue weighted by Gasteiger charge is -2.04. The van der Waals surface area contributed by atoms with Crippen LogP contribution in [-0.2, 0) is 4.79 Å². The second-order valence-corrected chi connectivity index (χ2v) is 2.07. The SMILES string of the molecule is O=C1NNCC2=C1C2. The molecule has 0 unspecified atom stereocenters. The highest BCUT2D eigenvalue weighted by atomic mass is 16.2. The molecule has 1 aliphatic carbocycles. The number of nitrogens with one attached hydrogen (secondary N) is 2. The van der Waals surface area contributed by atoms with Crippen molar-refractivity contribution in [3.8, 4) is 0 Å². The summed E-state index contributed by atoms with van der Waals surface area (Å²) >= 11 is 0. The van der Waals surface area contributed by atoms with Gasteiger partial charge in [0.1, 0.15) is 0 Å². The van der Waals surface area contributed by atoms with Crippen LogP contribution in [0.3, 0.4) is 0 Å². The number of rotatable bonds is 0. The van der Waals surface area contributed by atoms with Crippen LogP contribution in [0.1, 0.15) is 6.42 Å². The monoisotopic (exact) mass is 110 g/mol. The van der Waals surface area contributed by atoms with Crippen molar-refractivity contribution >= 4 is 5.91 Å². The zero-order chi connectivity index (χ0) is 5.56. The number of hydrazine groups is 1.